The van der Waals surface area contributed by atoms with Crippen molar-refractivity contribution in [3.8, 4) is 84.6 Å². The Bertz CT molecular complexity index is 3210. The highest BCUT2D eigenvalue weighted by molar-refractivity contribution is 6.09. The lowest BCUT2D eigenvalue weighted by Gasteiger charge is -2.12. The highest BCUT2D eigenvalue weighted by Gasteiger charge is 2.16. The zero-order chi connectivity index (χ0) is 40.5. The van der Waals surface area contributed by atoms with Crippen molar-refractivity contribution in [1.29, 1.82) is 0 Å². The minimum atomic E-state index is 0.695. The lowest BCUT2D eigenvalue weighted by Crippen LogP contribution is -1.98. The van der Waals surface area contributed by atoms with Crippen LogP contribution in [0.5, 0.6) is 0 Å². The van der Waals surface area contributed by atoms with Gasteiger partial charge in [-0.15, -0.1) is 0 Å². The molecule has 0 amide bonds. The second-order valence-corrected chi connectivity index (χ2v) is 15.0. The normalized spacial score (nSPS) is 11.3. The van der Waals surface area contributed by atoms with E-state index in [4.69, 9.17) is 24.9 Å². The lowest BCUT2D eigenvalue weighted by atomic mass is 10.0. The summed E-state index contributed by atoms with van der Waals surface area (Å²) >= 11 is 0. The van der Waals surface area contributed by atoms with Crippen LogP contribution in [0.25, 0.3) is 106 Å². The molecular weight excluding hydrogens is 745 g/mol. The monoisotopic (exact) mass is 780 g/mol. The van der Waals surface area contributed by atoms with E-state index in [9.17, 15) is 0 Å². The molecule has 0 aliphatic carbocycles. The van der Waals surface area contributed by atoms with Gasteiger partial charge < -0.3 is 4.57 Å². The van der Waals surface area contributed by atoms with Crippen molar-refractivity contribution in [3.05, 3.63) is 219 Å². The summed E-state index contributed by atoms with van der Waals surface area (Å²) in [6.07, 6.45) is 3.80. The number of hydrogen-bond donors (Lipinski definition) is 0. The lowest BCUT2D eigenvalue weighted by molar-refractivity contribution is 1.15. The number of para-hydroxylation sites is 2. The Labute approximate surface area is 353 Å². The molecule has 0 bridgehead atoms. The Morgan fingerprint density at radius 2 is 0.803 bits per heavy atom. The molecule has 6 nitrogen and oxygen atoms in total. The standard InChI is InChI=1S/C55H36N6/c1-4-14-37(15-5-1)43-32-51(58-52(33-43)50-34-44(30-31-56-50)61-53-22-12-10-20-45(53)46-21-11-13-23-54(46)61)47-29-28-42(36-57-47)38-24-26-40(27-25-38)49-35-48(39-16-6-2-7-17-39)59-55(60-49)41-18-8-3-9-19-41/h1-36H. The molecule has 0 atom stereocenters. The topological polar surface area (TPSA) is 69.4 Å². The number of fused-ring (bicyclic) bond motifs is 3. The van der Waals surface area contributed by atoms with Crippen LogP contribution in [0, 0.1) is 0 Å². The molecule has 61 heavy (non-hydrogen) atoms. The number of pyridine rings is 3. The van der Waals surface area contributed by atoms with Crippen LogP contribution in [-0.4, -0.2) is 29.5 Å². The molecule has 5 aromatic heterocycles. The predicted molar refractivity (Wildman–Crippen MR) is 248 cm³/mol. The van der Waals surface area contributed by atoms with Gasteiger partial charge in [0.25, 0.3) is 0 Å². The molecule has 6 aromatic carbocycles. The van der Waals surface area contributed by atoms with Crippen LogP contribution >= 0.6 is 0 Å². The van der Waals surface area contributed by atoms with Crippen LogP contribution < -0.4 is 0 Å². The van der Waals surface area contributed by atoms with Gasteiger partial charge in [-0.05, 0) is 65.2 Å². The Kier molecular flexibility index (Phi) is 9.06. The van der Waals surface area contributed by atoms with Crippen molar-refractivity contribution < 1.29 is 0 Å². The average molecular weight is 781 g/mol. The van der Waals surface area contributed by atoms with Crippen molar-refractivity contribution >= 4 is 21.8 Å². The Morgan fingerprint density at radius 3 is 1.43 bits per heavy atom. The Hall–Kier alpha value is -8.35. The molecule has 11 rings (SSSR count). The molecule has 0 fully saturated rings. The summed E-state index contributed by atoms with van der Waals surface area (Å²) in [5, 5.41) is 2.43. The van der Waals surface area contributed by atoms with Crippen molar-refractivity contribution in [3.63, 3.8) is 0 Å². The van der Waals surface area contributed by atoms with Crippen LogP contribution in [0.2, 0.25) is 0 Å². The van der Waals surface area contributed by atoms with Crippen molar-refractivity contribution in [2.75, 3.05) is 0 Å². The molecule has 0 spiro atoms. The van der Waals surface area contributed by atoms with Gasteiger partial charge in [0.1, 0.15) is 0 Å². The van der Waals surface area contributed by atoms with Gasteiger partial charge in [-0.2, -0.15) is 0 Å². The third-order valence-corrected chi connectivity index (χ3v) is 11.1. The minimum absolute atomic E-state index is 0.695. The van der Waals surface area contributed by atoms with E-state index in [0.717, 1.165) is 89.8 Å². The number of nitrogens with zero attached hydrogens (tertiary/aromatic N) is 6. The number of benzene rings is 6. The molecule has 6 heteroatoms. The largest absolute Gasteiger partial charge is 0.309 e. The summed E-state index contributed by atoms with van der Waals surface area (Å²) in [5.74, 6) is 0.695. The molecule has 11 aromatic rings. The fourth-order valence-corrected chi connectivity index (χ4v) is 8.11. The fourth-order valence-electron chi connectivity index (χ4n) is 8.11. The van der Waals surface area contributed by atoms with Gasteiger partial charge in [-0.25, -0.2) is 15.0 Å². The van der Waals surface area contributed by atoms with E-state index in [1.54, 1.807) is 0 Å². The third kappa shape index (κ3) is 6.92. The van der Waals surface area contributed by atoms with Gasteiger partial charge in [0.2, 0.25) is 0 Å². The van der Waals surface area contributed by atoms with Crippen LogP contribution in [0.15, 0.2) is 219 Å². The van der Waals surface area contributed by atoms with Gasteiger partial charge in [0.05, 0.1) is 45.2 Å². The van der Waals surface area contributed by atoms with E-state index in [1.165, 1.54) is 10.8 Å². The second kappa shape index (κ2) is 15.4. The van der Waals surface area contributed by atoms with E-state index in [0.29, 0.717) is 5.82 Å². The highest BCUT2D eigenvalue weighted by Crippen LogP contribution is 2.35. The minimum Gasteiger partial charge on any atom is -0.309 e. The van der Waals surface area contributed by atoms with Crippen molar-refractivity contribution in [2.45, 2.75) is 0 Å². The average Bonchev–Trinajstić information content (AvgIpc) is 3.69. The van der Waals surface area contributed by atoms with E-state index in [2.05, 4.69) is 156 Å². The molecule has 0 aliphatic rings. The molecule has 0 saturated carbocycles. The summed E-state index contributed by atoms with van der Waals surface area (Å²) in [5.41, 5.74) is 15.4. The van der Waals surface area contributed by atoms with Gasteiger partial charge in [0.15, 0.2) is 5.82 Å². The first-order chi connectivity index (χ1) is 30.2. The highest BCUT2D eigenvalue weighted by atomic mass is 15.0. The van der Waals surface area contributed by atoms with E-state index >= 15 is 0 Å². The number of rotatable bonds is 8. The van der Waals surface area contributed by atoms with Gasteiger partial charge >= 0.3 is 0 Å². The van der Waals surface area contributed by atoms with E-state index < -0.39 is 0 Å². The van der Waals surface area contributed by atoms with Crippen LogP contribution in [0.4, 0.5) is 0 Å². The molecule has 5 heterocycles. The molecule has 0 saturated heterocycles. The zero-order valence-corrected chi connectivity index (χ0v) is 33.0. The van der Waals surface area contributed by atoms with Crippen LogP contribution in [0.3, 0.4) is 0 Å². The first-order valence-electron chi connectivity index (χ1n) is 20.3. The summed E-state index contributed by atoms with van der Waals surface area (Å²) in [4.78, 5) is 25.0. The fraction of sp³-hybridized carbons (Fsp3) is 0. The van der Waals surface area contributed by atoms with Gasteiger partial charge in [-0.1, -0.05) is 158 Å². The zero-order valence-electron chi connectivity index (χ0n) is 33.0. The first kappa shape index (κ1) is 35.8. The SMILES string of the molecule is c1ccc(-c2cc(-c3ccc(-c4ccc(-c5cc(-c6ccccc6)nc(-c6ccccc6)n5)cc4)cn3)nc(-c3cc(-n4c5ccccc5c5ccccc54)ccn3)c2)cc1. The summed E-state index contributed by atoms with van der Waals surface area (Å²) in [6, 6.07) is 71.0. The number of aromatic nitrogens is 6. The maximum absolute atomic E-state index is 5.21. The summed E-state index contributed by atoms with van der Waals surface area (Å²) in [6.45, 7) is 0. The molecule has 0 unspecified atom stereocenters. The molecule has 0 aliphatic heterocycles. The summed E-state index contributed by atoms with van der Waals surface area (Å²) in [7, 11) is 0. The van der Waals surface area contributed by atoms with Crippen LogP contribution in [0.1, 0.15) is 0 Å². The van der Waals surface area contributed by atoms with Crippen molar-refractivity contribution in [1.82, 2.24) is 29.5 Å². The maximum Gasteiger partial charge on any atom is 0.160 e. The smallest absolute Gasteiger partial charge is 0.160 e. The number of hydrogen-bond acceptors (Lipinski definition) is 5. The van der Waals surface area contributed by atoms with Crippen LogP contribution in [-0.2, 0) is 0 Å². The molecule has 286 valence electrons. The maximum atomic E-state index is 5.21. The Morgan fingerprint density at radius 1 is 0.295 bits per heavy atom. The predicted octanol–water partition coefficient (Wildman–Crippen LogP) is 13.4. The molecule has 0 N–H and O–H groups in total. The van der Waals surface area contributed by atoms with E-state index in [-0.39, 0.29) is 0 Å². The van der Waals surface area contributed by atoms with Gasteiger partial charge in [0, 0.05) is 51.1 Å². The summed E-state index contributed by atoms with van der Waals surface area (Å²) < 4.78 is 2.31. The van der Waals surface area contributed by atoms with E-state index in [1.807, 2.05) is 67.0 Å². The molecular formula is C55H36N6. The van der Waals surface area contributed by atoms with Crippen molar-refractivity contribution in [2.24, 2.45) is 0 Å². The molecule has 0 radical (unpaired) electrons. The quantitative estimate of drug-likeness (QED) is 0.154. The van der Waals surface area contributed by atoms with Gasteiger partial charge in [-0.3, -0.25) is 9.97 Å². The first-order valence-corrected chi connectivity index (χ1v) is 20.3. The third-order valence-electron chi connectivity index (χ3n) is 11.1. The Balaban J connectivity index is 0.935. The second-order valence-electron chi connectivity index (χ2n) is 15.0.